The Kier molecular flexibility index (Phi) is 22.0. The standard InChI is InChI=1S/C28H46O4/c1-3-5-6-7-8-9-10-11-12-13-14-15-16-17-18-19-20-25-28(31)32-26(22-4-2)23-21-24-27(29)30/h5-6,8-9,11-12,14-15,26H,3-4,7,10,13,16-25H2,1-2H3,(H,29,30)/b6-5-,9-8-,12-11-,15-14-. The summed E-state index contributed by atoms with van der Waals surface area (Å²) in [6, 6.07) is 0. The van der Waals surface area contributed by atoms with E-state index in [1.165, 1.54) is 0 Å². The number of ether oxygens (including phenoxy) is 1. The summed E-state index contributed by atoms with van der Waals surface area (Å²) < 4.78 is 5.55. The third kappa shape index (κ3) is 22.6. The molecule has 0 heterocycles. The molecule has 0 aromatic carbocycles. The number of esters is 1. The van der Waals surface area contributed by atoms with Gasteiger partial charge in [-0.3, -0.25) is 9.59 Å². The molecule has 0 aliphatic heterocycles. The van der Waals surface area contributed by atoms with Crippen LogP contribution in [0.15, 0.2) is 48.6 Å². The molecule has 0 aromatic rings. The van der Waals surface area contributed by atoms with E-state index >= 15 is 0 Å². The highest BCUT2D eigenvalue weighted by Crippen LogP contribution is 2.14. The summed E-state index contributed by atoms with van der Waals surface area (Å²) in [6.45, 7) is 4.20. The van der Waals surface area contributed by atoms with Crippen LogP contribution in [0.1, 0.15) is 110 Å². The van der Waals surface area contributed by atoms with Crippen molar-refractivity contribution in [1.82, 2.24) is 0 Å². The summed E-state index contributed by atoms with van der Waals surface area (Å²) in [7, 11) is 0. The molecule has 0 saturated carbocycles. The van der Waals surface area contributed by atoms with Crippen molar-refractivity contribution >= 4 is 11.9 Å². The molecule has 0 spiro atoms. The molecule has 0 rings (SSSR count). The SMILES string of the molecule is CC/C=C\C/C=C\C/C=C\C/C=C\CCCCCCC(=O)OC(CCC)CCCC(=O)O. The minimum Gasteiger partial charge on any atom is -0.481 e. The lowest BCUT2D eigenvalue weighted by Gasteiger charge is -2.17. The zero-order valence-electron chi connectivity index (χ0n) is 20.5. The van der Waals surface area contributed by atoms with E-state index < -0.39 is 5.97 Å². The van der Waals surface area contributed by atoms with Crippen LogP contribution in [0.3, 0.4) is 0 Å². The number of aliphatic carboxylic acids is 1. The normalized spacial score (nSPS) is 13.1. The van der Waals surface area contributed by atoms with Crippen molar-refractivity contribution in [2.45, 2.75) is 116 Å². The van der Waals surface area contributed by atoms with Crippen molar-refractivity contribution in [2.24, 2.45) is 0 Å². The zero-order chi connectivity index (χ0) is 23.7. The first-order valence-corrected chi connectivity index (χ1v) is 12.6. The van der Waals surface area contributed by atoms with Gasteiger partial charge in [0.15, 0.2) is 0 Å². The first kappa shape index (κ1) is 29.9. The molecule has 0 aromatic heterocycles. The smallest absolute Gasteiger partial charge is 0.306 e. The fourth-order valence-electron chi connectivity index (χ4n) is 3.29. The maximum atomic E-state index is 12.0. The Morgan fingerprint density at radius 3 is 1.91 bits per heavy atom. The van der Waals surface area contributed by atoms with Gasteiger partial charge in [-0.1, -0.05) is 81.7 Å². The number of carboxylic acid groups (broad SMARTS) is 1. The molecule has 182 valence electrons. The van der Waals surface area contributed by atoms with Gasteiger partial charge in [-0.25, -0.2) is 0 Å². The van der Waals surface area contributed by atoms with E-state index in [1.54, 1.807) is 0 Å². The number of allylic oxidation sites excluding steroid dienone is 8. The Hall–Kier alpha value is -2.10. The summed E-state index contributed by atoms with van der Waals surface area (Å²) in [6.07, 6.45) is 30.5. The molecule has 4 nitrogen and oxygen atoms in total. The first-order valence-electron chi connectivity index (χ1n) is 12.6. The quantitative estimate of drug-likeness (QED) is 0.110. The molecule has 1 unspecified atom stereocenters. The van der Waals surface area contributed by atoms with Gasteiger partial charge in [-0.2, -0.15) is 0 Å². The molecule has 0 aliphatic rings. The molecule has 0 aliphatic carbocycles. The van der Waals surface area contributed by atoms with Crippen molar-refractivity contribution in [1.29, 1.82) is 0 Å². The molecular weight excluding hydrogens is 400 g/mol. The van der Waals surface area contributed by atoms with Gasteiger partial charge in [0.25, 0.3) is 0 Å². The van der Waals surface area contributed by atoms with Crippen molar-refractivity contribution in [3.8, 4) is 0 Å². The van der Waals surface area contributed by atoms with E-state index in [-0.39, 0.29) is 18.5 Å². The number of unbranched alkanes of at least 4 members (excludes halogenated alkanes) is 4. The third-order valence-electron chi connectivity index (χ3n) is 5.05. The molecular formula is C28H46O4. The van der Waals surface area contributed by atoms with Crippen molar-refractivity contribution < 1.29 is 19.4 Å². The summed E-state index contributed by atoms with van der Waals surface area (Å²) in [5, 5.41) is 8.73. The lowest BCUT2D eigenvalue weighted by atomic mass is 10.1. The molecule has 1 N–H and O–H groups in total. The van der Waals surface area contributed by atoms with E-state index in [0.717, 1.165) is 70.6 Å². The van der Waals surface area contributed by atoms with Gasteiger partial charge >= 0.3 is 11.9 Å². The molecule has 4 heteroatoms. The van der Waals surface area contributed by atoms with Gasteiger partial charge < -0.3 is 9.84 Å². The highest BCUT2D eigenvalue weighted by atomic mass is 16.5. The fraction of sp³-hybridized carbons (Fsp3) is 0.643. The number of carboxylic acids is 1. The number of rotatable bonds is 21. The van der Waals surface area contributed by atoms with E-state index in [0.29, 0.717) is 19.3 Å². The van der Waals surface area contributed by atoms with Gasteiger partial charge in [0.1, 0.15) is 6.10 Å². The minimum atomic E-state index is -0.795. The minimum absolute atomic E-state index is 0.134. The Labute approximate surface area is 196 Å². The second-order valence-corrected chi connectivity index (χ2v) is 8.14. The van der Waals surface area contributed by atoms with Crippen LogP contribution < -0.4 is 0 Å². The summed E-state index contributed by atoms with van der Waals surface area (Å²) in [5.41, 5.74) is 0. The van der Waals surface area contributed by atoms with Gasteiger partial charge in [-0.05, 0) is 64.2 Å². The van der Waals surface area contributed by atoms with Crippen LogP contribution in [0.5, 0.6) is 0 Å². The predicted molar refractivity (Wildman–Crippen MR) is 135 cm³/mol. The van der Waals surface area contributed by atoms with Gasteiger partial charge in [0.2, 0.25) is 0 Å². The Bertz CT molecular complexity index is 572. The topological polar surface area (TPSA) is 63.6 Å². The van der Waals surface area contributed by atoms with E-state index in [4.69, 9.17) is 9.84 Å². The number of hydrogen-bond acceptors (Lipinski definition) is 3. The Morgan fingerprint density at radius 2 is 1.31 bits per heavy atom. The van der Waals surface area contributed by atoms with Gasteiger partial charge in [0, 0.05) is 12.8 Å². The predicted octanol–water partition coefficient (Wildman–Crippen LogP) is 8.10. The molecule has 32 heavy (non-hydrogen) atoms. The molecule has 0 radical (unpaired) electrons. The maximum absolute atomic E-state index is 12.0. The number of carbonyl (C=O) groups is 2. The average Bonchev–Trinajstić information content (AvgIpc) is 2.75. The van der Waals surface area contributed by atoms with E-state index in [2.05, 4.69) is 62.5 Å². The van der Waals surface area contributed by atoms with Crippen LogP contribution in [-0.2, 0) is 14.3 Å². The monoisotopic (exact) mass is 446 g/mol. The van der Waals surface area contributed by atoms with E-state index in [1.807, 2.05) is 0 Å². The molecule has 0 amide bonds. The van der Waals surface area contributed by atoms with Crippen LogP contribution in [0.2, 0.25) is 0 Å². The van der Waals surface area contributed by atoms with Crippen molar-refractivity contribution in [2.75, 3.05) is 0 Å². The van der Waals surface area contributed by atoms with Crippen LogP contribution in [0, 0.1) is 0 Å². The maximum Gasteiger partial charge on any atom is 0.306 e. The van der Waals surface area contributed by atoms with E-state index in [9.17, 15) is 9.59 Å². The lowest BCUT2D eigenvalue weighted by Crippen LogP contribution is -2.18. The van der Waals surface area contributed by atoms with Gasteiger partial charge in [0.05, 0.1) is 0 Å². The van der Waals surface area contributed by atoms with Crippen LogP contribution in [-0.4, -0.2) is 23.1 Å². The Morgan fingerprint density at radius 1 is 0.719 bits per heavy atom. The number of carbonyl (C=O) groups excluding carboxylic acids is 1. The zero-order valence-corrected chi connectivity index (χ0v) is 20.5. The van der Waals surface area contributed by atoms with Gasteiger partial charge in [-0.15, -0.1) is 0 Å². The van der Waals surface area contributed by atoms with Crippen LogP contribution >= 0.6 is 0 Å². The third-order valence-corrected chi connectivity index (χ3v) is 5.05. The second-order valence-electron chi connectivity index (χ2n) is 8.14. The molecule has 0 saturated heterocycles. The lowest BCUT2D eigenvalue weighted by molar-refractivity contribution is -0.150. The molecule has 0 bridgehead atoms. The van der Waals surface area contributed by atoms with Crippen molar-refractivity contribution in [3.05, 3.63) is 48.6 Å². The molecule has 0 fully saturated rings. The average molecular weight is 447 g/mol. The molecule has 1 atom stereocenters. The Balaban J connectivity index is 3.66. The van der Waals surface area contributed by atoms with Crippen LogP contribution in [0.4, 0.5) is 0 Å². The van der Waals surface area contributed by atoms with Crippen LogP contribution in [0.25, 0.3) is 0 Å². The number of hydrogen-bond donors (Lipinski definition) is 1. The summed E-state index contributed by atoms with van der Waals surface area (Å²) in [5.74, 6) is -0.936. The van der Waals surface area contributed by atoms with Crippen molar-refractivity contribution in [3.63, 3.8) is 0 Å². The highest BCUT2D eigenvalue weighted by Gasteiger charge is 2.14. The second kappa shape index (κ2) is 23.6. The highest BCUT2D eigenvalue weighted by molar-refractivity contribution is 5.69. The summed E-state index contributed by atoms with van der Waals surface area (Å²) in [4.78, 5) is 22.6. The largest absolute Gasteiger partial charge is 0.481 e. The first-order chi connectivity index (χ1) is 15.6. The summed E-state index contributed by atoms with van der Waals surface area (Å²) >= 11 is 0. The fourth-order valence-corrected chi connectivity index (χ4v) is 3.29.